The minimum atomic E-state index is 0.248. The van der Waals surface area contributed by atoms with Gasteiger partial charge in [0.15, 0.2) is 0 Å². The molecule has 2 nitrogen and oxygen atoms in total. The standard InChI is InChI=1S/C17H25NO/c1-13-8-9-17(19)16(10-13)12-18(3)11-15-7-5-4-6-14(15)2/h4-7,13,16H,8-12H2,1-3H3. The third kappa shape index (κ3) is 3.90. The van der Waals surface area contributed by atoms with E-state index in [1.54, 1.807) is 0 Å². The van der Waals surface area contributed by atoms with Gasteiger partial charge in [0, 0.05) is 25.4 Å². The van der Waals surface area contributed by atoms with Crippen LogP contribution >= 0.6 is 0 Å². The summed E-state index contributed by atoms with van der Waals surface area (Å²) >= 11 is 0. The van der Waals surface area contributed by atoms with Gasteiger partial charge in [0.1, 0.15) is 5.78 Å². The Morgan fingerprint density at radius 2 is 2.05 bits per heavy atom. The van der Waals surface area contributed by atoms with Gasteiger partial charge in [0.25, 0.3) is 0 Å². The van der Waals surface area contributed by atoms with Crippen LogP contribution in [-0.2, 0) is 11.3 Å². The molecule has 1 fully saturated rings. The average molecular weight is 259 g/mol. The number of hydrogen-bond donors (Lipinski definition) is 0. The number of hydrogen-bond acceptors (Lipinski definition) is 2. The lowest BCUT2D eigenvalue weighted by molar-refractivity contribution is -0.126. The molecule has 0 N–H and O–H groups in total. The van der Waals surface area contributed by atoms with Crippen molar-refractivity contribution in [2.24, 2.45) is 11.8 Å². The molecule has 1 aromatic carbocycles. The van der Waals surface area contributed by atoms with Crippen LogP contribution in [0.25, 0.3) is 0 Å². The zero-order valence-electron chi connectivity index (χ0n) is 12.4. The second-order valence-electron chi connectivity index (χ2n) is 6.17. The minimum Gasteiger partial charge on any atom is -0.301 e. The first-order chi connectivity index (χ1) is 9.06. The molecule has 1 aliphatic carbocycles. The van der Waals surface area contributed by atoms with Crippen LogP contribution in [0.3, 0.4) is 0 Å². The molecule has 2 rings (SSSR count). The van der Waals surface area contributed by atoms with Crippen molar-refractivity contribution in [1.82, 2.24) is 4.90 Å². The molecule has 0 radical (unpaired) electrons. The SMILES string of the molecule is Cc1ccccc1CN(C)CC1CC(C)CCC1=O. The van der Waals surface area contributed by atoms with Crippen molar-refractivity contribution in [2.75, 3.05) is 13.6 Å². The van der Waals surface area contributed by atoms with Crippen LogP contribution in [0.4, 0.5) is 0 Å². The summed E-state index contributed by atoms with van der Waals surface area (Å²) < 4.78 is 0. The summed E-state index contributed by atoms with van der Waals surface area (Å²) in [5.74, 6) is 1.42. The molecular formula is C17H25NO. The van der Waals surface area contributed by atoms with E-state index >= 15 is 0 Å². The van der Waals surface area contributed by atoms with Crippen molar-refractivity contribution in [3.05, 3.63) is 35.4 Å². The molecule has 0 spiro atoms. The van der Waals surface area contributed by atoms with Gasteiger partial charge in [-0.1, -0.05) is 31.2 Å². The first kappa shape index (κ1) is 14.3. The lowest BCUT2D eigenvalue weighted by atomic mass is 9.81. The molecule has 0 aromatic heterocycles. The Bertz CT molecular complexity index is 441. The predicted octanol–water partition coefficient (Wildman–Crippen LogP) is 3.43. The molecule has 104 valence electrons. The number of benzene rings is 1. The molecule has 1 saturated carbocycles. The Morgan fingerprint density at radius 3 is 2.79 bits per heavy atom. The highest BCUT2D eigenvalue weighted by Gasteiger charge is 2.27. The van der Waals surface area contributed by atoms with Gasteiger partial charge in [-0.3, -0.25) is 4.79 Å². The second kappa shape index (κ2) is 6.33. The highest BCUT2D eigenvalue weighted by molar-refractivity contribution is 5.81. The summed E-state index contributed by atoms with van der Waals surface area (Å²) in [5, 5.41) is 0. The summed E-state index contributed by atoms with van der Waals surface area (Å²) in [7, 11) is 2.12. The number of ketones is 1. The van der Waals surface area contributed by atoms with Gasteiger partial charge >= 0.3 is 0 Å². The van der Waals surface area contributed by atoms with Gasteiger partial charge in [0.2, 0.25) is 0 Å². The van der Waals surface area contributed by atoms with Crippen LogP contribution in [0.1, 0.15) is 37.3 Å². The molecular weight excluding hydrogens is 234 g/mol. The monoisotopic (exact) mass is 259 g/mol. The average Bonchev–Trinajstić information content (AvgIpc) is 2.37. The van der Waals surface area contributed by atoms with Crippen LogP contribution in [0.2, 0.25) is 0 Å². The molecule has 0 amide bonds. The van der Waals surface area contributed by atoms with Gasteiger partial charge in [-0.05, 0) is 43.9 Å². The normalized spacial score (nSPS) is 23.9. The molecule has 2 unspecified atom stereocenters. The summed E-state index contributed by atoms with van der Waals surface area (Å²) in [6, 6.07) is 8.49. The lowest BCUT2D eigenvalue weighted by Crippen LogP contribution is -2.34. The number of Topliss-reactive ketones (excluding diaryl/α,β-unsaturated/α-hetero) is 1. The molecule has 2 atom stereocenters. The zero-order chi connectivity index (χ0) is 13.8. The molecule has 1 aromatic rings. The van der Waals surface area contributed by atoms with Crippen molar-refractivity contribution in [3.63, 3.8) is 0 Å². The van der Waals surface area contributed by atoms with E-state index in [1.165, 1.54) is 11.1 Å². The number of carbonyl (C=O) groups is 1. The van der Waals surface area contributed by atoms with Crippen molar-refractivity contribution >= 4 is 5.78 Å². The molecule has 0 bridgehead atoms. The maximum atomic E-state index is 12.0. The van der Waals surface area contributed by atoms with E-state index in [1.807, 2.05) is 0 Å². The first-order valence-corrected chi connectivity index (χ1v) is 7.32. The van der Waals surface area contributed by atoms with Crippen LogP contribution < -0.4 is 0 Å². The van der Waals surface area contributed by atoms with E-state index < -0.39 is 0 Å². The molecule has 1 aliphatic rings. The topological polar surface area (TPSA) is 20.3 Å². The van der Waals surface area contributed by atoms with E-state index in [9.17, 15) is 4.79 Å². The van der Waals surface area contributed by atoms with Gasteiger partial charge in [-0.25, -0.2) is 0 Å². The lowest BCUT2D eigenvalue weighted by Gasteiger charge is -2.29. The number of aryl methyl sites for hydroxylation is 1. The third-order valence-electron chi connectivity index (χ3n) is 4.26. The largest absolute Gasteiger partial charge is 0.301 e. The van der Waals surface area contributed by atoms with Crippen LogP contribution in [0.15, 0.2) is 24.3 Å². The fourth-order valence-corrected chi connectivity index (χ4v) is 3.02. The maximum Gasteiger partial charge on any atom is 0.137 e. The maximum absolute atomic E-state index is 12.0. The van der Waals surface area contributed by atoms with E-state index in [0.717, 1.165) is 32.4 Å². The van der Waals surface area contributed by atoms with Crippen LogP contribution in [-0.4, -0.2) is 24.3 Å². The van der Waals surface area contributed by atoms with Crippen LogP contribution in [0.5, 0.6) is 0 Å². The van der Waals surface area contributed by atoms with Crippen LogP contribution in [0, 0.1) is 18.8 Å². The smallest absolute Gasteiger partial charge is 0.137 e. The summed E-state index contributed by atoms with van der Waals surface area (Å²) in [6.07, 6.45) is 2.93. The van der Waals surface area contributed by atoms with Gasteiger partial charge in [-0.2, -0.15) is 0 Å². The number of carbonyl (C=O) groups excluding carboxylic acids is 1. The van der Waals surface area contributed by atoms with E-state index in [2.05, 4.69) is 50.1 Å². The highest BCUT2D eigenvalue weighted by atomic mass is 16.1. The zero-order valence-corrected chi connectivity index (χ0v) is 12.4. The van der Waals surface area contributed by atoms with Crippen molar-refractivity contribution in [3.8, 4) is 0 Å². The molecule has 19 heavy (non-hydrogen) atoms. The van der Waals surface area contributed by atoms with Crippen molar-refractivity contribution < 1.29 is 4.79 Å². The van der Waals surface area contributed by atoms with Crippen molar-refractivity contribution in [2.45, 2.75) is 39.7 Å². The second-order valence-corrected chi connectivity index (χ2v) is 6.17. The van der Waals surface area contributed by atoms with Crippen molar-refractivity contribution in [1.29, 1.82) is 0 Å². The van der Waals surface area contributed by atoms with Gasteiger partial charge in [-0.15, -0.1) is 0 Å². The van der Waals surface area contributed by atoms with Gasteiger partial charge in [0.05, 0.1) is 0 Å². The minimum absolute atomic E-state index is 0.248. The summed E-state index contributed by atoms with van der Waals surface area (Å²) in [6.45, 7) is 6.25. The Morgan fingerprint density at radius 1 is 1.32 bits per heavy atom. The van der Waals surface area contributed by atoms with Gasteiger partial charge < -0.3 is 4.90 Å². The Balaban J connectivity index is 1.92. The first-order valence-electron chi connectivity index (χ1n) is 7.32. The summed E-state index contributed by atoms with van der Waals surface area (Å²) in [5.41, 5.74) is 2.69. The predicted molar refractivity (Wildman–Crippen MR) is 79.0 cm³/mol. The highest BCUT2D eigenvalue weighted by Crippen LogP contribution is 2.26. The molecule has 0 aliphatic heterocycles. The molecule has 0 saturated heterocycles. The molecule has 0 heterocycles. The Labute approximate surface area is 116 Å². The Kier molecular flexibility index (Phi) is 4.76. The van der Waals surface area contributed by atoms with E-state index in [0.29, 0.717) is 11.7 Å². The molecule has 2 heteroatoms. The number of nitrogens with zero attached hydrogens (tertiary/aromatic N) is 1. The Hall–Kier alpha value is -1.15. The van der Waals surface area contributed by atoms with E-state index in [4.69, 9.17) is 0 Å². The number of rotatable bonds is 4. The third-order valence-corrected chi connectivity index (χ3v) is 4.26. The van der Waals surface area contributed by atoms with E-state index in [-0.39, 0.29) is 5.92 Å². The fraction of sp³-hybridized carbons (Fsp3) is 0.588. The fourth-order valence-electron chi connectivity index (χ4n) is 3.02. The quantitative estimate of drug-likeness (QED) is 0.825. The summed E-state index contributed by atoms with van der Waals surface area (Å²) in [4.78, 5) is 14.3.